The van der Waals surface area contributed by atoms with Crippen LogP contribution in [0.3, 0.4) is 0 Å². The second kappa shape index (κ2) is 15.0. The van der Waals surface area contributed by atoms with Crippen LogP contribution in [0, 0.1) is 5.92 Å². The minimum Gasteiger partial charge on any atom is -0.497 e. The average molecular weight is 675 g/mol. The number of anilines is 1. The summed E-state index contributed by atoms with van der Waals surface area (Å²) in [5.41, 5.74) is 4.89. The SMILES string of the molecule is COc1ccc(CN(Cc2ccc(OC)cc2)S(=O)(=O)c2ccc3c(c2)N(CC2CCC2)CCCCc2cc(Cl)ccc2CO3)cc1. The van der Waals surface area contributed by atoms with Crippen molar-refractivity contribution < 1.29 is 22.6 Å². The summed E-state index contributed by atoms with van der Waals surface area (Å²) in [6.07, 6.45) is 6.57. The number of ether oxygens (including phenoxy) is 3. The van der Waals surface area contributed by atoms with Crippen molar-refractivity contribution >= 4 is 27.3 Å². The normalized spacial score (nSPS) is 15.5. The Kier molecular flexibility index (Phi) is 10.6. The van der Waals surface area contributed by atoms with Crippen LogP contribution in [0.2, 0.25) is 5.02 Å². The molecule has 1 aliphatic carbocycles. The molecule has 0 bridgehead atoms. The number of sulfonamides is 1. The molecule has 1 fully saturated rings. The van der Waals surface area contributed by atoms with Crippen LogP contribution < -0.4 is 19.1 Å². The maximum absolute atomic E-state index is 14.6. The van der Waals surface area contributed by atoms with Gasteiger partial charge in [-0.25, -0.2) is 8.42 Å². The van der Waals surface area contributed by atoms with Crippen LogP contribution in [0.5, 0.6) is 17.2 Å². The Balaban J connectivity index is 1.36. The van der Waals surface area contributed by atoms with E-state index in [2.05, 4.69) is 4.90 Å². The second-order valence-electron chi connectivity index (χ2n) is 12.5. The fourth-order valence-corrected chi connectivity index (χ4v) is 7.94. The highest BCUT2D eigenvalue weighted by Crippen LogP contribution is 2.37. The molecule has 1 heterocycles. The maximum Gasteiger partial charge on any atom is 0.243 e. The first kappa shape index (κ1) is 33.2. The van der Waals surface area contributed by atoms with Crippen molar-refractivity contribution in [2.45, 2.75) is 63.1 Å². The smallest absolute Gasteiger partial charge is 0.243 e. The number of benzene rings is 4. The first-order valence-corrected chi connectivity index (χ1v) is 18.2. The molecule has 0 radical (unpaired) electrons. The molecule has 0 saturated heterocycles. The van der Waals surface area contributed by atoms with Crippen molar-refractivity contribution in [3.63, 3.8) is 0 Å². The lowest BCUT2D eigenvalue weighted by Crippen LogP contribution is -2.34. The molecule has 0 atom stereocenters. The molecule has 1 saturated carbocycles. The number of methoxy groups -OCH3 is 2. The largest absolute Gasteiger partial charge is 0.497 e. The molecule has 1 aliphatic heterocycles. The number of hydrogen-bond donors (Lipinski definition) is 0. The first-order chi connectivity index (χ1) is 22.8. The summed E-state index contributed by atoms with van der Waals surface area (Å²) in [5, 5.41) is 0.731. The quantitative estimate of drug-likeness (QED) is 0.169. The van der Waals surface area contributed by atoms with Crippen molar-refractivity contribution in [2.75, 3.05) is 32.2 Å². The molecule has 248 valence electrons. The highest BCUT2D eigenvalue weighted by atomic mass is 35.5. The zero-order valence-electron chi connectivity index (χ0n) is 27.2. The molecular formula is C38H43ClN2O5S. The third-order valence-corrected chi connectivity index (χ3v) is 11.3. The summed E-state index contributed by atoms with van der Waals surface area (Å²) in [7, 11) is -0.693. The molecule has 7 nitrogen and oxygen atoms in total. The van der Waals surface area contributed by atoms with Crippen molar-refractivity contribution in [2.24, 2.45) is 5.92 Å². The van der Waals surface area contributed by atoms with Gasteiger partial charge in [-0.3, -0.25) is 0 Å². The third-order valence-electron chi connectivity index (χ3n) is 9.32. The van der Waals surface area contributed by atoms with Crippen LogP contribution in [0.1, 0.15) is 54.4 Å². The Morgan fingerprint density at radius 2 is 1.47 bits per heavy atom. The number of hydrogen-bond acceptors (Lipinski definition) is 6. The van der Waals surface area contributed by atoms with E-state index in [4.69, 9.17) is 25.8 Å². The summed E-state index contributed by atoms with van der Waals surface area (Å²) < 4.78 is 47.9. The summed E-state index contributed by atoms with van der Waals surface area (Å²) in [6.45, 7) is 2.52. The fraction of sp³-hybridized carbons (Fsp3) is 0.368. The van der Waals surface area contributed by atoms with Crippen molar-refractivity contribution in [3.05, 3.63) is 112 Å². The van der Waals surface area contributed by atoms with Gasteiger partial charge in [0.15, 0.2) is 0 Å². The molecule has 0 N–H and O–H groups in total. The third kappa shape index (κ3) is 8.06. The van der Waals surface area contributed by atoms with Crippen LogP contribution in [0.25, 0.3) is 0 Å². The van der Waals surface area contributed by atoms with E-state index in [1.807, 2.05) is 78.9 Å². The van der Waals surface area contributed by atoms with Crippen molar-refractivity contribution in [3.8, 4) is 17.2 Å². The summed E-state index contributed by atoms with van der Waals surface area (Å²) in [6, 6.07) is 26.4. The molecule has 2 aliphatic rings. The van der Waals surface area contributed by atoms with Gasteiger partial charge in [0.25, 0.3) is 0 Å². The number of halogens is 1. The van der Waals surface area contributed by atoms with E-state index < -0.39 is 10.0 Å². The summed E-state index contributed by atoms with van der Waals surface area (Å²) >= 11 is 6.35. The van der Waals surface area contributed by atoms with Gasteiger partial charge in [-0.1, -0.05) is 48.4 Å². The van der Waals surface area contributed by atoms with Gasteiger partial charge >= 0.3 is 0 Å². The number of fused-ring (bicyclic) bond motifs is 2. The molecule has 47 heavy (non-hydrogen) atoms. The number of nitrogens with zero attached hydrogens (tertiary/aromatic N) is 2. The number of rotatable bonds is 10. The maximum atomic E-state index is 14.6. The Bertz CT molecular complexity index is 1710. The highest BCUT2D eigenvalue weighted by molar-refractivity contribution is 7.89. The van der Waals surface area contributed by atoms with E-state index in [1.165, 1.54) is 24.8 Å². The Morgan fingerprint density at radius 3 is 2.06 bits per heavy atom. The molecular weight excluding hydrogens is 632 g/mol. The molecule has 4 aromatic rings. The lowest BCUT2D eigenvalue weighted by molar-refractivity contribution is 0.299. The predicted molar refractivity (Wildman–Crippen MR) is 187 cm³/mol. The van der Waals surface area contributed by atoms with Gasteiger partial charge in [0.2, 0.25) is 10.0 Å². The van der Waals surface area contributed by atoms with Crippen LogP contribution in [-0.2, 0) is 36.1 Å². The average Bonchev–Trinajstić information content (AvgIpc) is 3.10. The minimum atomic E-state index is -3.93. The minimum absolute atomic E-state index is 0.205. The fourth-order valence-electron chi connectivity index (χ4n) is 6.31. The molecule has 4 aromatic carbocycles. The molecule has 9 heteroatoms. The van der Waals surface area contributed by atoms with Crippen LogP contribution in [-0.4, -0.2) is 40.0 Å². The summed E-state index contributed by atoms with van der Waals surface area (Å²) in [5.74, 6) is 2.74. The second-order valence-corrected chi connectivity index (χ2v) is 14.9. The van der Waals surface area contributed by atoms with Gasteiger partial charge in [0.05, 0.1) is 24.8 Å². The van der Waals surface area contributed by atoms with Crippen molar-refractivity contribution in [1.29, 1.82) is 0 Å². The van der Waals surface area contributed by atoms with E-state index in [-0.39, 0.29) is 18.0 Å². The molecule has 0 spiro atoms. The van der Waals surface area contributed by atoms with Gasteiger partial charge < -0.3 is 19.1 Å². The highest BCUT2D eigenvalue weighted by Gasteiger charge is 2.29. The topological polar surface area (TPSA) is 68.3 Å². The van der Waals surface area contributed by atoms with Gasteiger partial charge in [-0.05, 0) is 115 Å². The predicted octanol–water partition coefficient (Wildman–Crippen LogP) is 8.27. The van der Waals surface area contributed by atoms with Gasteiger partial charge in [0.1, 0.15) is 23.9 Å². The standard InChI is InChI=1S/C38H43ClN2O5S/c1-44-34-15-9-29(10-16-34)25-41(26-30-11-17-35(45-2)18-12-30)47(42,43)36-19-20-38-37(23-36)40(24-28-6-5-7-28)21-4-3-8-31-22-33(39)14-13-32(31)27-46-38/h9-20,22-23,28H,3-8,21,24-27H2,1-2H3. The molecule has 0 aromatic heterocycles. The zero-order chi connectivity index (χ0) is 32.8. The van der Waals surface area contributed by atoms with E-state index in [0.717, 1.165) is 71.3 Å². The van der Waals surface area contributed by atoms with Crippen LogP contribution >= 0.6 is 11.6 Å². The first-order valence-electron chi connectivity index (χ1n) is 16.4. The molecule has 0 amide bonds. The number of aryl methyl sites for hydroxylation is 1. The Morgan fingerprint density at radius 1 is 0.809 bits per heavy atom. The zero-order valence-corrected chi connectivity index (χ0v) is 28.7. The van der Waals surface area contributed by atoms with Crippen LogP contribution in [0.15, 0.2) is 89.8 Å². The Labute approximate surface area is 284 Å². The molecule has 0 unspecified atom stereocenters. The van der Waals surface area contributed by atoms with Gasteiger partial charge in [0, 0.05) is 31.2 Å². The van der Waals surface area contributed by atoms with E-state index >= 15 is 0 Å². The lowest BCUT2D eigenvalue weighted by atomic mass is 9.85. The molecule has 6 rings (SSSR count). The van der Waals surface area contributed by atoms with Gasteiger partial charge in [-0.2, -0.15) is 4.31 Å². The monoisotopic (exact) mass is 674 g/mol. The van der Waals surface area contributed by atoms with Gasteiger partial charge in [-0.15, -0.1) is 0 Å². The van der Waals surface area contributed by atoms with Crippen molar-refractivity contribution in [1.82, 2.24) is 4.31 Å². The van der Waals surface area contributed by atoms with E-state index in [0.29, 0.717) is 18.3 Å². The summed E-state index contributed by atoms with van der Waals surface area (Å²) in [4.78, 5) is 2.61. The lowest BCUT2D eigenvalue weighted by Gasteiger charge is -2.35. The van der Waals surface area contributed by atoms with E-state index in [1.54, 1.807) is 24.6 Å². The van der Waals surface area contributed by atoms with E-state index in [9.17, 15) is 8.42 Å². The van der Waals surface area contributed by atoms with Crippen LogP contribution in [0.4, 0.5) is 5.69 Å². The Hall–Kier alpha value is -3.72.